The standard InChI is InChI=1S/C20H19FOS/c1-15(6-7-16-8-10-19(23-2)11-9-16)20(12-13-22)17-4-3-5-18(21)14-17/h3-11,13-14H,12H2,1-2H3/b7-6-,20-15-. The van der Waals surface area contributed by atoms with E-state index in [9.17, 15) is 9.18 Å². The lowest BCUT2D eigenvalue weighted by atomic mass is 9.97. The van der Waals surface area contributed by atoms with Gasteiger partial charge < -0.3 is 4.79 Å². The molecule has 0 spiro atoms. The molecule has 0 saturated carbocycles. The normalized spacial score (nSPS) is 12.3. The summed E-state index contributed by atoms with van der Waals surface area (Å²) in [6, 6.07) is 14.6. The zero-order chi connectivity index (χ0) is 16.7. The molecular weight excluding hydrogens is 307 g/mol. The number of hydrogen-bond acceptors (Lipinski definition) is 2. The van der Waals surface area contributed by atoms with Gasteiger partial charge >= 0.3 is 0 Å². The molecule has 0 heterocycles. The largest absolute Gasteiger partial charge is 0.303 e. The maximum Gasteiger partial charge on any atom is 0.124 e. The van der Waals surface area contributed by atoms with E-state index in [1.165, 1.54) is 17.0 Å². The highest BCUT2D eigenvalue weighted by Crippen LogP contribution is 2.24. The third-order valence-corrected chi connectivity index (χ3v) is 4.32. The van der Waals surface area contributed by atoms with Crippen LogP contribution in [0.1, 0.15) is 24.5 Å². The van der Waals surface area contributed by atoms with Crippen LogP contribution < -0.4 is 0 Å². The van der Waals surface area contributed by atoms with Gasteiger partial charge in [0.15, 0.2) is 0 Å². The maximum absolute atomic E-state index is 13.4. The fraction of sp³-hybridized carbons (Fsp3) is 0.150. The van der Waals surface area contributed by atoms with Crippen molar-refractivity contribution in [2.24, 2.45) is 0 Å². The van der Waals surface area contributed by atoms with Crippen LogP contribution >= 0.6 is 11.8 Å². The highest BCUT2D eigenvalue weighted by molar-refractivity contribution is 7.98. The Morgan fingerprint density at radius 1 is 1.17 bits per heavy atom. The van der Waals surface area contributed by atoms with Gasteiger partial charge in [-0.05, 0) is 59.7 Å². The van der Waals surface area contributed by atoms with E-state index in [0.717, 1.165) is 28.6 Å². The predicted molar refractivity (Wildman–Crippen MR) is 96.9 cm³/mol. The van der Waals surface area contributed by atoms with Crippen molar-refractivity contribution in [3.63, 3.8) is 0 Å². The SMILES string of the molecule is CSc1ccc(/C=C\C(C)=C(\CC=O)c2cccc(F)c2)cc1. The quantitative estimate of drug-likeness (QED) is 0.389. The number of aldehydes is 1. The molecule has 0 fully saturated rings. The molecule has 23 heavy (non-hydrogen) atoms. The van der Waals surface area contributed by atoms with Crippen LogP contribution in [-0.2, 0) is 4.79 Å². The second-order valence-corrected chi connectivity index (χ2v) is 6.03. The minimum Gasteiger partial charge on any atom is -0.303 e. The fourth-order valence-corrected chi connectivity index (χ4v) is 2.71. The topological polar surface area (TPSA) is 17.1 Å². The smallest absolute Gasteiger partial charge is 0.124 e. The third kappa shape index (κ3) is 4.93. The fourth-order valence-electron chi connectivity index (χ4n) is 2.30. The van der Waals surface area contributed by atoms with E-state index in [1.54, 1.807) is 17.8 Å². The van der Waals surface area contributed by atoms with Crippen molar-refractivity contribution in [3.05, 3.63) is 77.1 Å². The molecule has 0 aliphatic heterocycles. The van der Waals surface area contributed by atoms with Gasteiger partial charge in [0.05, 0.1) is 0 Å². The summed E-state index contributed by atoms with van der Waals surface area (Å²) in [7, 11) is 0. The molecule has 0 bridgehead atoms. The predicted octanol–water partition coefficient (Wildman–Crippen LogP) is 5.62. The van der Waals surface area contributed by atoms with E-state index in [0.29, 0.717) is 0 Å². The number of allylic oxidation sites excluding steroid dienone is 3. The molecule has 0 radical (unpaired) electrons. The van der Waals surface area contributed by atoms with Gasteiger partial charge in [-0.15, -0.1) is 11.8 Å². The van der Waals surface area contributed by atoms with Crippen LogP contribution in [0.4, 0.5) is 4.39 Å². The molecule has 3 heteroatoms. The first kappa shape index (κ1) is 17.2. The summed E-state index contributed by atoms with van der Waals surface area (Å²) in [5.41, 5.74) is 3.64. The summed E-state index contributed by atoms with van der Waals surface area (Å²) in [4.78, 5) is 12.2. The molecule has 0 aliphatic rings. The van der Waals surface area contributed by atoms with E-state index in [2.05, 4.69) is 24.3 Å². The number of carbonyl (C=O) groups is 1. The van der Waals surface area contributed by atoms with Crippen molar-refractivity contribution < 1.29 is 9.18 Å². The minimum atomic E-state index is -0.296. The molecule has 2 aromatic carbocycles. The van der Waals surface area contributed by atoms with Crippen LogP contribution in [0.15, 0.2) is 65.1 Å². The number of thioether (sulfide) groups is 1. The lowest BCUT2D eigenvalue weighted by Crippen LogP contribution is -1.91. The molecule has 0 atom stereocenters. The van der Waals surface area contributed by atoms with Gasteiger partial charge in [0, 0.05) is 11.3 Å². The Labute approximate surface area is 140 Å². The first-order chi connectivity index (χ1) is 11.1. The van der Waals surface area contributed by atoms with Gasteiger partial charge in [0.2, 0.25) is 0 Å². The van der Waals surface area contributed by atoms with Crippen LogP contribution in [0.25, 0.3) is 11.6 Å². The number of carbonyl (C=O) groups excluding carboxylic acids is 1. The van der Waals surface area contributed by atoms with Crippen LogP contribution in [0.5, 0.6) is 0 Å². The monoisotopic (exact) mass is 326 g/mol. The van der Waals surface area contributed by atoms with E-state index in [1.807, 2.05) is 31.4 Å². The summed E-state index contributed by atoms with van der Waals surface area (Å²) < 4.78 is 13.4. The van der Waals surface area contributed by atoms with Gasteiger partial charge in [-0.3, -0.25) is 0 Å². The maximum atomic E-state index is 13.4. The van der Waals surface area contributed by atoms with Crippen molar-refractivity contribution in [1.29, 1.82) is 0 Å². The first-order valence-electron chi connectivity index (χ1n) is 7.35. The Morgan fingerprint density at radius 3 is 2.52 bits per heavy atom. The summed E-state index contributed by atoms with van der Waals surface area (Å²) in [6.07, 6.45) is 7.14. The van der Waals surface area contributed by atoms with Gasteiger partial charge in [0.25, 0.3) is 0 Å². The zero-order valence-corrected chi connectivity index (χ0v) is 14.1. The Balaban J connectivity index is 2.30. The highest BCUT2D eigenvalue weighted by Gasteiger charge is 2.05. The van der Waals surface area contributed by atoms with Gasteiger partial charge in [-0.1, -0.05) is 36.4 Å². The summed E-state index contributed by atoms with van der Waals surface area (Å²) in [5, 5.41) is 0. The minimum absolute atomic E-state index is 0.269. The molecule has 0 N–H and O–H groups in total. The van der Waals surface area contributed by atoms with Crippen molar-refractivity contribution in [3.8, 4) is 0 Å². The Hall–Kier alpha value is -2.13. The van der Waals surface area contributed by atoms with Gasteiger partial charge in [-0.25, -0.2) is 4.39 Å². The van der Waals surface area contributed by atoms with E-state index >= 15 is 0 Å². The molecule has 1 nitrogen and oxygen atoms in total. The first-order valence-corrected chi connectivity index (χ1v) is 8.58. The molecule has 0 aliphatic carbocycles. The highest BCUT2D eigenvalue weighted by atomic mass is 32.2. The number of rotatable bonds is 6. The third-order valence-electron chi connectivity index (χ3n) is 3.58. The molecule has 0 amide bonds. The van der Waals surface area contributed by atoms with E-state index in [-0.39, 0.29) is 12.2 Å². The molecular formula is C20H19FOS. The molecule has 0 unspecified atom stereocenters. The number of benzene rings is 2. The second-order valence-electron chi connectivity index (χ2n) is 5.15. The Bertz CT molecular complexity index is 730. The van der Waals surface area contributed by atoms with Crippen LogP contribution in [0, 0.1) is 5.82 Å². The average Bonchev–Trinajstić information content (AvgIpc) is 2.58. The molecule has 0 saturated heterocycles. The van der Waals surface area contributed by atoms with Gasteiger partial charge in [-0.2, -0.15) is 0 Å². The zero-order valence-electron chi connectivity index (χ0n) is 13.3. The summed E-state index contributed by atoms with van der Waals surface area (Å²) >= 11 is 1.70. The van der Waals surface area contributed by atoms with Crippen molar-refractivity contribution in [2.45, 2.75) is 18.2 Å². The van der Waals surface area contributed by atoms with Crippen LogP contribution in [0.3, 0.4) is 0 Å². The van der Waals surface area contributed by atoms with Crippen LogP contribution in [-0.4, -0.2) is 12.5 Å². The van der Waals surface area contributed by atoms with Crippen LogP contribution in [0.2, 0.25) is 0 Å². The second kappa shape index (κ2) is 8.49. The molecule has 118 valence electrons. The average molecular weight is 326 g/mol. The lowest BCUT2D eigenvalue weighted by Gasteiger charge is -2.08. The summed E-state index contributed by atoms with van der Waals surface area (Å²) in [6.45, 7) is 1.94. The Morgan fingerprint density at radius 2 is 1.91 bits per heavy atom. The van der Waals surface area contributed by atoms with E-state index < -0.39 is 0 Å². The number of halogens is 1. The molecule has 2 rings (SSSR count). The molecule has 2 aromatic rings. The molecule has 0 aromatic heterocycles. The van der Waals surface area contributed by atoms with Crippen molar-refractivity contribution in [1.82, 2.24) is 0 Å². The lowest BCUT2D eigenvalue weighted by molar-refractivity contribution is -0.107. The Kier molecular flexibility index (Phi) is 6.36. The summed E-state index contributed by atoms with van der Waals surface area (Å²) in [5.74, 6) is -0.296. The van der Waals surface area contributed by atoms with Crippen molar-refractivity contribution >= 4 is 29.7 Å². The van der Waals surface area contributed by atoms with E-state index in [4.69, 9.17) is 0 Å². The number of hydrogen-bond donors (Lipinski definition) is 0. The van der Waals surface area contributed by atoms with Gasteiger partial charge in [0.1, 0.15) is 12.1 Å². The van der Waals surface area contributed by atoms with Crippen molar-refractivity contribution in [2.75, 3.05) is 6.26 Å².